The molecule has 0 aromatic heterocycles. The van der Waals surface area contributed by atoms with Gasteiger partial charge < -0.3 is 10.2 Å². The lowest BCUT2D eigenvalue weighted by molar-refractivity contribution is 0.404. The zero-order valence-electron chi connectivity index (χ0n) is 16.5. The highest BCUT2D eigenvalue weighted by atomic mass is 127. The maximum atomic E-state index is 12.2. The number of rotatable bonds is 8. The van der Waals surface area contributed by atoms with Gasteiger partial charge in [-0.3, -0.25) is 4.99 Å². The lowest BCUT2D eigenvalue weighted by Gasteiger charge is -2.22. The third kappa shape index (κ3) is 8.78. The van der Waals surface area contributed by atoms with Crippen LogP contribution in [-0.2, 0) is 16.6 Å². The average molecular weight is 508 g/mol. The first-order valence-corrected chi connectivity index (χ1v) is 11.0. The third-order valence-electron chi connectivity index (χ3n) is 4.59. The molecule has 8 heteroatoms. The summed E-state index contributed by atoms with van der Waals surface area (Å²) in [4.78, 5) is 6.55. The SMILES string of the molecule is CN=C(NCCS(=O)(=O)NCc1ccccc1)N1CCC(CC(C)C)C1.I. The highest BCUT2D eigenvalue weighted by Gasteiger charge is 2.25. The van der Waals surface area contributed by atoms with E-state index in [0.29, 0.717) is 24.9 Å². The Labute approximate surface area is 181 Å². The second-order valence-electron chi connectivity index (χ2n) is 7.33. The van der Waals surface area contributed by atoms with E-state index in [-0.39, 0.29) is 29.7 Å². The molecule has 1 fully saturated rings. The molecule has 27 heavy (non-hydrogen) atoms. The van der Waals surface area contributed by atoms with Gasteiger partial charge in [-0.05, 0) is 30.2 Å². The zero-order chi connectivity index (χ0) is 19.0. The van der Waals surface area contributed by atoms with E-state index >= 15 is 0 Å². The smallest absolute Gasteiger partial charge is 0.213 e. The van der Waals surface area contributed by atoms with Gasteiger partial charge in [-0.1, -0.05) is 44.2 Å². The van der Waals surface area contributed by atoms with E-state index in [1.807, 2.05) is 30.3 Å². The van der Waals surface area contributed by atoms with Crippen LogP contribution in [0.4, 0.5) is 0 Å². The van der Waals surface area contributed by atoms with E-state index in [1.165, 1.54) is 12.8 Å². The van der Waals surface area contributed by atoms with Crippen LogP contribution in [0.15, 0.2) is 35.3 Å². The lowest BCUT2D eigenvalue weighted by Crippen LogP contribution is -2.43. The van der Waals surface area contributed by atoms with Gasteiger partial charge in [0.05, 0.1) is 5.75 Å². The van der Waals surface area contributed by atoms with Crippen LogP contribution in [0.1, 0.15) is 32.3 Å². The zero-order valence-corrected chi connectivity index (χ0v) is 19.7. The summed E-state index contributed by atoms with van der Waals surface area (Å²) in [7, 11) is -1.57. The van der Waals surface area contributed by atoms with Crippen molar-refractivity contribution in [2.24, 2.45) is 16.8 Å². The van der Waals surface area contributed by atoms with Crippen LogP contribution in [-0.4, -0.2) is 51.7 Å². The molecule has 1 saturated heterocycles. The molecule has 154 valence electrons. The van der Waals surface area contributed by atoms with Crippen molar-refractivity contribution < 1.29 is 8.42 Å². The van der Waals surface area contributed by atoms with Gasteiger partial charge in [-0.2, -0.15) is 0 Å². The lowest BCUT2D eigenvalue weighted by atomic mass is 9.97. The minimum atomic E-state index is -3.32. The molecule has 0 saturated carbocycles. The van der Waals surface area contributed by atoms with Gasteiger partial charge in [0.1, 0.15) is 0 Å². The highest BCUT2D eigenvalue weighted by Crippen LogP contribution is 2.23. The fraction of sp³-hybridized carbons (Fsp3) is 0.632. The predicted molar refractivity (Wildman–Crippen MR) is 123 cm³/mol. The quantitative estimate of drug-likeness (QED) is 0.322. The van der Waals surface area contributed by atoms with Crippen LogP contribution >= 0.6 is 24.0 Å². The summed E-state index contributed by atoms with van der Waals surface area (Å²) in [5.74, 6) is 2.23. The summed E-state index contributed by atoms with van der Waals surface area (Å²) in [6, 6.07) is 9.53. The fourth-order valence-electron chi connectivity index (χ4n) is 3.37. The molecule has 6 nitrogen and oxygen atoms in total. The van der Waals surface area contributed by atoms with E-state index < -0.39 is 10.0 Å². The van der Waals surface area contributed by atoms with Crippen molar-refractivity contribution in [2.75, 3.05) is 32.4 Å². The van der Waals surface area contributed by atoms with Gasteiger partial charge in [-0.25, -0.2) is 13.1 Å². The number of benzene rings is 1. The number of likely N-dealkylation sites (tertiary alicyclic amines) is 1. The summed E-state index contributed by atoms with van der Waals surface area (Å²) in [6.07, 6.45) is 2.40. The van der Waals surface area contributed by atoms with Crippen molar-refractivity contribution in [3.05, 3.63) is 35.9 Å². The predicted octanol–water partition coefficient (Wildman–Crippen LogP) is 2.67. The number of aliphatic imine (C=N–C) groups is 1. The standard InChI is InChI=1S/C19H32N4O2S.HI/c1-16(2)13-18-9-11-23(15-18)19(20-3)21-10-12-26(24,25)22-14-17-7-5-4-6-8-17;/h4-8,16,18,22H,9-15H2,1-3H3,(H,20,21);1H. The second-order valence-corrected chi connectivity index (χ2v) is 9.26. The topological polar surface area (TPSA) is 73.8 Å². The summed E-state index contributed by atoms with van der Waals surface area (Å²) < 4.78 is 27.0. The van der Waals surface area contributed by atoms with Gasteiger partial charge in [0.15, 0.2) is 5.96 Å². The maximum Gasteiger partial charge on any atom is 0.213 e. The monoisotopic (exact) mass is 508 g/mol. The minimum absolute atomic E-state index is 0. The molecule has 0 amide bonds. The molecule has 0 bridgehead atoms. The number of hydrogen-bond acceptors (Lipinski definition) is 3. The number of guanidine groups is 1. The molecule has 1 aliphatic rings. The van der Waals surface area contributed by atoms with Crippen LogP contribution in [0.2, 0.25) is 0 Å². The van der Waals surface area contributed by atoms with Gasteiger partial charge in [0.2, 0.25) is 10.0 Å². The van der Waals surface area contributed by atoms with Crippen LogP contribution in [0.3, 0.4) is 0 Å². The van der Waals surface area contributed by atoms with Crippen LogP contribution in [0.5, 0.6) is 0 Å². The van der Waals surface area contributed by atoms with Gasteiger partial charge in [-0.15, -0.1) is 24.0 Å². The molecule has 0 aliphatic carbocycles. The molecule has 1 aromatic carbocycles. The van der Waals surface area contributed by atoms with Crippen molar-refractivity contribution in [3.63, 3.8) is 0 Å². The van der Waals surface area contributed by atoms with E-state index in [1.54, 1.807) is 7.05 Å². The molecular weight excluding hydrogens is 475 g/mol. The normalized spacial score (nSPS) is 17.9. The number of sulfonamides is 1. The van der Waals surface area contributed by atoms with Crippen LogP contribution in [0, 0.1) is 11.8 Å². The Bertz CT molecular complexity index is 680. The minimum Gasteiger partial charge on any atom is -0.355 e. The first-order valence-electron chi connectivity index (χ1n) is 9.36. The summed E-state index contributed by atoms with van der Waals surface area (Å²) in [5, 5.41) is 3.20. The van der Waals surface area contributed by atoms with Crippen LogP contribution in [0.25, 0.3) is 0 Å². The molecule has 1 heterocycles. The Kier molecular flexibility index (Phi) is 10.6. The Morgan fingerprint density at radius 1 is 1.30 bits per heavy atom. The summed E-state index contributed by atoms with van der Waals surface area (Å²) >= 11 is 0. The van der Waals surface area contributed by atoms with Crippen molar-refractivity contribution in [2.45, 2.75) is 33.2 Å². The molecule has 0 spiro atoms. The fourth-order valence-corrected chi connectivity index (χ4v) is 4.28. The van der Waals surface area contributed by atoms with E-state index in [2.05, 4.69) is 33.8 Å². The molecule has 1 aromatic rings. The van der Waals surface area contributed by atoms with Crippen molar-refractivity contribution in [1.82, 2.24) is 14.9 Å². The first kappa shape index (κ1) is 24.2. The molecule has 1 aliphatic heterocycles. The van der Waals surface area contributed by atoms with Crippen molar-refractivity contribution >= 4 is 40.0 Å². The molecular formula is C19H33IN4O2S. The molecule has 0 radical (unpaired) electrons. The van der Waals surface area contributed by atoms with E-state index in [0.717, 1.165) is 24.6 Å². The van der Waals surface area contributed by atoms with Gasteiger partial charge >= 0.3 is 0 Å². The second kappa shape index (κ2) is 11.9. The molecule has 1 atom stereocenters. The van der Waals surface area contributed by atoms with E-state index in [9.17, 15) is 8.42 Å². The van der Waals surface area contributed by atoms with Crippen molar-refractivity contribution in [1.29, 1.82) is 0 Å². The van der Waals surface area contributed by atoms with Gasteiger partial charge in [0.25, 0.3) is 0 Å². The molecule has 2 rings (SSSR count). The Morgan fingerprint density at radius 3 is 2.63 bits per heavy atom. The number of nitrogens with zero attached hydrogens (tertiary/aromatic N) is 2. The largest absolute Gasteiger partial charge is 0.355 e. The Morgan fingerprint density at radius 2 is 2.00 bits per heavy atom. The number of hydrogen-bond donors (Lipinski definition) is 2. The number of nitrogens with one attached hydrogen (secondary N) is 2. The Balaban J connectivity index is 0.00000364. The molecule has 2 N–H and O–H groups in total. The average Bonchev–Trinajstić information content (AvgIpc) is 3.05. The summed E-state index contributed by atoms with van der Waals surface area (Å²) in [6.45, 7) is 7.15. The summed E-state index contributed by atoms with van der Waals surface area (Å²) in [5.41, 5.74) is 0.952. The highest BCUT2D eigenvalue weighted by molar-refractivity contribution is 14.0. The van der Waals surface area contributed by atoms with Crippen molar-refractivity contribution in [3.8, 4) is 0 Å². The van der Waals surface area contributed by atoms with E-state index in [4.69, 9.17) is 0 Å². The van der Waals surface area contributed by atoms with Crippen LogP contribution < -0.4 is 10.0 Å². The van der Waals surface area contributed by atoms with Gasteiger partial charge in [0, 0.05) is 33.2 Å². The first-order chi connectivity index (χ1) is 12.4. The third-order valence-corrected chi connectivity index (χ3v) is 5.92. The maximum absolute atomic E-state index is 12.2. The molecule has 1 unspecified atom stereocenters. The Hall–Kier alpha value is -0.870. The number of halogens is 1.